The molecule has 2 atom stereocenters. The molecule has 1 heterocycles. The summed E-state index contributed by atoms with van der Waals surface area (Å²) >= 11 is 0. The zero-order valence-electron chi connectivity index (χ0n) is 6.86. The molecule has 0 aliphatic heterocycles. The molecule has 0 aromatic carbocycles. The molecule has 2 N–H and O–H groups in total. The first kappa shape index (κ1) is 9.97. The van der Waals surface area contributed by atoms with E-state index in [1.54, 1.807) is 0 Å². The van der Waals surface area contributed by atoms with Crippen molar-refractivity contribution in [3.63, 3.8) is 0 Å². The maximum Gasteiger partial charge on any atom is 0.412 e. The van der Waals surface area contributed by atoms with E-state index in [4.69, 9.17) is 5.73 Å². The molecule has 74 valence electrons. The Morgan fingerprint density at radius 2 is 2.08 bits per heavy atom. The molecule has 0 saturated heterocycles. The van der Waals surface area contributed by atoms with Crippen LogP contribution in [-0.2, 0) is 0 Å². The molecule has 1 aromatic heterocycles. The maximum atomic E-state index is 12.4. The van der Waals surface area contributed by atoms with E-state index in [1.165, 1.54) is 6.92 Å². The molecule has 0 bridgehead atoms. The van der Waals surface area contributed by atoms with Crippen LogP contribution in [0.4, 0.5) is 13.2 Å². The van der Waals surface area contributed by atoms with Crippen LogP contribution in [0.25, 0.3) is 0 Å². The summed E-state index contributed by atoms with van der Waals surface area (Å²) < 4.78 is 37.8. The van der Waals surface area contributed by atoms with Gasteiger partial charge in [0.2, 0.25) is 0 Å². The molecule has 0 amide bonds. The topological polar surface area (TPSA) is 56.7 Å². The molecular weight excluding hydrogens is 185 g/mol. The fourth-order valence-corrected chi connectivity index (χ4v) is 1.05. The van der Waals surface area contributed by atoms with Crippen LogP contribution in [0, 0.1) is 0 Å². The van der Waals surface area contributed by atoms with Gasteiger partial charge in [0.05, 0.1) is 0 Å². The number of hydrogen-bond acceptors (Lipinski definition) is 3. The lowest BCUT2D eigenvalue weighted by atomic mass is 10.1. The van der Waals surface area contributed by atoms with Gasteiger partial charge in [-0.25, -0.2) is 9.67 Å². The van der Waals surface area contributed by atoms with Gasteiger partial charge in [-0.05, 0) is 6.92 Å². The monoisotopic (exact) mass is 194 g/mol. The Morgan fingerprint density at radius 3 is 2.38 bits per heavy atom. The summed E-state index contributed by atoms with van der Waals surface area (Å²) in [6.07, 6.45) is -2.36. The fraction of sp³-hybridized carbons (Fsp3) is 0.667. The molecule has 0 aliphatic rings. The van der Waals surface area contributed by atoms with Crippen LogP contribution in [0.5, 0.6) is 0 Å². The zero-order valence-corrected chi connectivity index (χ0v) is 6.86. The van der Waals surface area contributed by atoms with Gasteiger partial charge in [-0.1, -0.05) is 0 Å². The highest BCUT2D eigenvalue weighted by Crippen LogP contribution is 2.31. The highest BCUT2D eigenvalue weighted by molar-refractivity contribution is 4.81. The van der Waals surface area contributed by atoms with Gasteiger partial charge >= 0.3 is 6.18 Å². The van der Waals surface area contributed by atoms with Crippen molar-refractivity contribution in [3.8, 4) is 0 Å². The Morgan fingerprint density at radius 1 is 1.46 bits per heavy atom. The van der Waals surface area contributed by atoms with E-state index < -0.39 is 18.3 Å². The van der Waals surface area contributed by atoms with Crippen molar-refractivity contribution in [1.82, 2.24) is 14.8 Å². The van der Waals surface area contributed by atoms with Gasteiger partial charge in [0.15, 0.2) is 6.04 Å². The molecule has 4 nitrogen and oxygen atoms in total. The minimum Gasteiger partial charge on any atom is -0.326 e. The number of halogens is 3. The lowest BCUT2D eigenvalue weighted by molar-refractivity contribution is -0.174. The number of aromatic nitrogens is 3. The van der Waals surface area contributed by atoms with E-state index in [9.17, 15) is 13.2 Å². The molecule has 0 radical (unpaired) electrons. The van der Waals surface area contributed by atoms with Crippen molar-refractivity contribution in [2.24, 2.45) is 5.73 Å². The third kappa shape index (κ3) is 2.18. The maximum absolute atomic E-state index is 12.4. The van der Waals surface area contributed by atoms with Gasteiger partial charge in [-0.15, -0.1) is 0 Å². The van der Waals surface area contributed by atoms with Crippen LogP contribution < -0.4 is 5.73 Å². The first-order chi connectivity index (χ1) is 5.93. The molecule has 0 spiro atoms. The number of nitrogens with zero attached hydrogens (tertiary/aromatic N) is 3. The van der Waals surface area contributed by atoms with E-state index in [-0.39, 0.29) is 0 Å². The zero-order chi connectivity index (χ0) is 10.1. The van der Waals surface area contributed by atoms with Crippen molar-refractivity contribution in [1.29, 1.82) is 0 Å². The van der Waals surface area contributed by atoms with Crippen LogP contribution in [0.3, 0.4) is 0 Å². The minimum absolute atomic E-state index is 0.713. The highest BCUT2D eigenvalue weighted by atomic mass is 19.4. The van der Waals surface area contributed by atoms with Crippen LogP contribution in [0.2, 0.25) is 0 Å². The predicted molar refractivity (Wildman–Crippen MR) is 38.8 cm³/mol. The highest BCUT2D eigenvalue weighted by Gasteiger charge is 2.44. The molecule has 7 heteroatoms. The van der Waals surface area contributed by atoms with Gasteiger partial charge in [-0.3, -0.25) is 0 Å². The Kier molecular flexibility index (Phi) is 2.55. The largest absolute Gasteiger partial charge is 0.412 e. The van der Waals surface area contributed by atoms with Crippen LogP contribution in [0.1, 0.15) is 13.0 Å². The summed E-state index contributed by atoms with van der Waals surface area (Å²) in [6, 6.07) is -2.86. The second-order valence-electron chi connectivity index (χ2n) is 2.72. The predicted octanol–water partition coefficient (Wildman–Crippen LogP) is 0.729. The van der Waals surface area contributed by atoms with E-state index in [0.717, 1.165) is 12.7 Å². The molecule has 0 aliphatic carbocycles. The lowest BCUT2D eigenvalue weighted by Crippen LogP contribution is -2.40. The van der Waals surface area contributed by atoms with E-state index in [1.807, 2.05) is 0 Å². The SMILES string of the molecule is CC(N)C(n1cncn1)C(F)(F)F. The average molecular weight is 194 g/mol. The standard InChI is InChI=1S/C6H9F3N4/c1-4(10)5(6(7,8)9)13-3-11-2-12-13/h2-5H,10H2,1H3. The Balaban J connectivity index is 2.94. The summed E-state index contributed by atoms with van der Waals surface area (Å²) in [7, 11) is 0. The number of rotatable bonds is 2. The summed E-state index contributed by atoms with van der Waals surface area (Å²) in [5.41, 5.74) is 5.21. The summed E-state index contributed by atoms with van der Waals surface area (Å²) in [6.45, 7) is 1.28. The molecule has 13 heavy (non-hydrogen) atoms. The van der Waals surface area contributed by atoms with Crippen LogP contribution in [-0.4, -0.2) is 27.0 Å². The fourth-order valence-electron chi connectivity index (χ4n) is 1.05. The third-order valence-electron chi connectivity index (χ3n) is 1.56. The third-order valence-corrected chi connectivity index (χ3v) is 1.56. The van der Waals surface area contributed by atoms with E-state index >= 15 is 0 Å². The quantitative estimate of drug-likeness (QED) is 0.755. The van der Waals surface area contributed by atoms with Crippen molar-refractivity contribution in [3.05, 3.63) is 12.7 Å². The summed E-state index contributed by atoms with van der Waals surface area (Å²) in [5, 5.41) is 3.41. The number of nitrogens with two attached hydrogens (primary N) is 1. The Bertz CT molecular complexity index is 253. The second-order valence-corrected chi connectivity index (χ2v) is 2.72. The van der Waals surface area contributed by atoms with Crippen molar-refractivity contribution >= 4 is 0 Å². The molecule has 1 aromatic rings. The summed E-state index contributed by atoms with van der Waals surface area (Å²) in [5.74, 6) is 0. The minimum atomic E-state index is -4.40. The first-order valence-corrected chi connectivity index (χ1v) is 3.59. The normalized spacial score (nSPS) is 17.0. The second kappa shape index (κ2) is 3.33. The number of alkyl halides is 3. The molecule has 1 rings (SSSR count). The first-order valence-electron chi connectivity index (χ1n) is 3.59. The van der Waals surface area contributed by atoms with Gasteiger partial charge in [0.25, 0.3) is 0 Å². The van der Waals surface area contributed by atoms with Crippen LogP contribution >= 0.6 is 0 Å². The van der Waals surface area contributed by atoms with Crippen molar-refractivity contribution in [2.45, 2.75) is 25.2 Å². The van der Waals surface area contributed by atoms with Gasteiger partial charge in [-0.2, -0.15) is 18.3 Å². The van der Waals surface area contributed by atoms with E-state index in [0.29, 0.717) is 4.68 Å². The van der Waals surface area contributed by atoms with Crippen molar-refractivity contribution in [2.75, 3.05) is 0 Å². The molecule has 0 saturated carbocycles. The van der Waals surface area contributed by atoms with Crippen molar-refractivity contribution < 1.29 is 13.2 Å². The smallest absolute Gasteiger partial charge is 0.326 e. The average Bonchev–Trinajstić information content (AvgIpc) is 2.34. The van der Waals surface area contributed by atoms with Gasteiger partial charge in [0, 0.05) is 6.04 Å². The van der Waals surface area contributed by atoms with Gasteiger partial charge < -0.3 is 5.73 Å². The van der Waals surface area contributed by atoms with Crippen LogP contribution in [0.15, 0.2) is 12.7 Å². The number of hydrogen-bond donors (Lipinski definition) is 1. The molecule has 0 fully saturated rings. The Labute approximate surface area is 72.6 Å². The molecular formula is C6H9F3N4. The molecule has 2 unspecified atom stereocenters. The Hall–Kier alpha value is -1.11. The lowest BCUT2D eigenvalue weighted by Gasteiger charge is -2.23. The van der Waals surface area contributed by atoms with E-state index in [2.05, 4.69) is 10.1 Å². The van der Waals surface area contributed by atoms with Gasteiger partial charge in [0.1, 0.15) is 12.7 Å². The summed E-state index contributed by atoms with van der Waals surface area (Å²) in [4.78, 5) is 3.44.